The van der Waals surface area contributed by atoms with Gasteiger partial charge in [-0.25, -0.2) is 5.26 Å². The molecule has 0 aliphatic carbocycles. The van der Waals surface area contributed by atoms with Gasteiger partial charge in [-0.2, -0.15) is 0 Å². The molecular formula is CH6AlNSi. The first-order valence-corrected chi connectivity index (χ1v) is 1.72. The van der Waals surface area contributed by atoms with Crippen LogP contribution in [0.1, 0.15) is 0 Å². The van der Waals surface area contributed by atoms with Crippen LogP contribution in [0.25, 0.3) is 0 Å². The van der Waals surface area contributed by atoms with Crippen molar-refractivity contribution >= 4 is 27.3 Å². The van der Waals surface area contributed by atoms with Crippen LogP contribution in [0.4, 0.5) is 0 Å². The molecule has 0 rings (SSSR count). The molecule has 0 N–H and O–H groups in total. The van der Waals surface area contributed by atoms with E-state index in [0.29, 0.717) is 16.3 Å². The molecular weight excluding hydrogens is 81.1 g/mol. The van der Waals surface area contributed by atoms with Gasteiger partial charge in [0.2, 0.25) is 0 Å². The molecule has 0 radical (unpaired) electrons. The van der Waals surface area contributed by atoms with Crippen molar-refractivity contribution in [2.24, 2.45) is 0 Å². The third-order valence-corrected chi connectivity index (χ3v) is 0. The van der Waals surface area contributed by atoms with E-state index < -0.39 is 0 Å². The molecule has 0 unspecified atom stereocenters. The highest BCUT2D eigenvalue weighted by molar-refractivity contribution is 6.20. The second-order valence-corrected chi connectivity index (χ2v) is 0.671. The van der Waals surface area contributed by atoms with Gasteiger partial charge < -0.3 is 0 Å². The zero-order valence-corrected chi connectivity index (χ0v) is 3.95. The van der Waals surface area contributed by atoms with E-state index in [1.807, 2.05) is 4.93 Å². The van der Waals surface area contributed by atoms with Crippen LogP contribution in [0.2, 0.25) is 0 Å². The normalized spacial score (nSPS) is 1.75. The van der Waals surface area contributed by atoms with Gasteiger partial charge in [0.05, 0.1) is 0 Å². The highest BCUT2D eigenvalue weighted by Gasteiger charge is 1.27. The van der Waals surface area contributed by atoms with Gasteiger partial charge in [-0.15, -0.1) is 0 Å². The summed E-state index contributed by atoms with van der Waals surface area (Å²) in [7, 11) is 0. The van der Waals surface area contributed by atoms with Crippen molar-refractivity contribution in [3.63, 3.8) is 0 Å². The summed E-state index contributed by atoms with van der Waals surface area (Å²) in [6.45, 7) is 0. The minimum absolute atomic E-state index is 0. The molecule has 0 saturated carbocycles. The summed E-state index contributed by atoms with van der Waals surface area (Å²) in [6.07, 6.45) is 0. The first kappa shape index (κ1) is 8.87. The van der Waals surface area contributed by atoms with Crippen molar-refractivity contribution in [2.75, 3.05) is 0 Å². The third kappa shape index (κ3) is 60.0. The second-order valence-electron chi connectivity index (χ2n) is 0.224. The van der Waals surface area contributed by atoms with Crippen molar-refractivity contribution in [3.05, 3.63) is 0 Å². The molecule has 22 valence electrons. The van der Waals surface area contributed by atoms with Gasteiger partial charge in [0, 0.05) is 0 Å². The van der Waals surface area contributed by atoms with Gasteiger partial charge in [0.1, 0.15) is 0 Å². The minimum atomic E-state index is 0. The van der Waals surface area contributed by atoms with E-state index in [1.165, 1.54) is 0 Å². The Labute approximate surface area is 38.1 Å². The molecule has 0 atom stereocenters. The molecule has 0 spiro atoms. The Kier molecular flexibility index (Phi) is 23.5. The Morgan fingerprint density at radius 2 is 1.75 bits per heavy atom. The van der Waals surface area contributed by atoms with Gasteiger partial charge in [-0.05, 0) is 11.0 Å². The van der Waals surface area contributed by atoms with Gasteiger partial charge in [-0.1, -0.05) is 4.93 Å². The van der Waals surface area contributed by atoms with E-state index >= 15 is 0 Å². The summed E-state index contributed by atoms with van der Waals surface area (Å²) < 4.78 is 0. The van der Waals surface area contributed by atoms with E-state index in [1.54, 1.807) is 0 Å². The predicted octanol–water partition coefficient (Wildman–Crippen LogP) is -2.35. The maximum atomic E-state index is 7.38. The lowest BCUT2D eigenvalue weighted by atomic mass is 11.8. The van der Waals surface area contributed by atoms with E-state index in [-0.39, 0.29) is 11.0 Å². The maximum Gasteiger partial charge on any atom is 0.376 e. The molecule has 0 bridgehead atoms. The standard InChI is InChI=1S/CN.Al.H4Si.2H/c1-2;;;;/h;;1H4;;. The van der Waals surface area contributed by atoms with Crippen LogP contribution in [-0.4, -0.2) is 27.3 Å². The van der Waals surface area contributed by atoms with Crippen LogP contribution >= 0.6 is 0 Å². The fourth-order valence-electron chi connectivity index (χ4n) is 0. The Morgan fingerprint density at radius 3 is 1.75 bits per heavy atom. The molecule has 0 aromatic heterocycles. The number of rotatable bonds is 0. The molecule has 0 aliphatic heterocycles. The topological polar surface area (TPSA) is 23.8 Å². The van der Waals surface area contributed by atoms with Crippen molar-refractivity contribution < 1.29 is 0 Å². The Balaban J connectivity index is 0. The van der Waals surface area contributed by atoms with Crippen molar-refractivity contribution in [1.82, 2.24) is 0 Å². The molecule has 3 heteroatoms. The van der Waals surface area contributed by atoms with Crippen LogP contribution in [-0.2, 0) is 0 Å². The Hall–Kier alpha value is 0.239. The Morgan fingerprint density at radius 1 is 1.75 bits per heavy atom. The molecule has 0 aliphatic rings. The molecule has 0 heterocycles. The van der Waals surface area contributed by atoms with Crippen molar-refractivity contribution in [1.29, 1.82) is 5.26 Å². The predicted molar refractivity (Wildman–Crippen MR) is 25.5 cm³/mol. The smallest absolute Gasteiger partial charge is 0.226 e. The number of hydrogen-bond acceptors (Lipinski definition) is 1. The molecule has 0 aromatic rings. The fraction of sp³-hybridized carbons (Fsp3) is 0. The zero-order chi connectivity index (χ0) is 2.71. The molecule has 0 aromatic carbocycles. The van der Waals surface area contributed by atoms with Gasteiger partial charge in [0.25, 0.3) is 0 Å². The SMILES string of the molecule is N#[C][AlH2].[SiH4]. The monoisotopic (exact) mass is 87.0 g/mol. The van der Waals surface area contributed by atoms with Gasteiger partial charge >= 0.3 is 16.3 Å². The van der Waals surface area contributed by atoms with Crippen molar-refractivity contribution in [2.45, 2.75) is 0 Å². The van der Waals surface area contributed by atoms with Crippen LogP contribution in [0, 0.1) is 10.2 Å². The lowest BCUT2D eigenvalue weighted by Gasteiger charge is -1.11. The second kappa shape index (κ2) is 10.6. The summed E-state index contributed by atoms with van der Waals surface area (Å²) >= 11 is 0.674. The molecule has 4 heavy (non-hydrogen) atoms. The summed E-state index contributed by atoms with van der Waals surface area (Å²) in [4.78, 5) is 1.89. The van der Waals surface area contributed by atoms with E-state index in [0.717, 1.165) is 0 Å². The average Bonchev–Trinajstić information content (AvgIpc) is 0.918. The average molecular weight is 87.1 g/mol. The molecule has 0 fully saturated rings. The number of nitrogens with zero attached hydrogens (tertiary/aromatic N) is 1. The quantitative estimate of drug-likeness (QED) is 0.303. The first-order chi connectivity index (χ1) is 1.41. The lowest BCUT2D eigenvalue weighted by molar-refractivity contribution is 1.57. The fourth-order valence-corrected chi connectivity index (χ4v) is 0. The highest BCUT2D eigenvalue weighted by Crippen LogP contribution is 1.04. The Bertz CT molecular complexity index is 29.5. The largest absolute Gasteiger partial charge is 0.376 e. The van der Waals surface area contributed by atoms with E-state index in [4.69, 9.17) is 5.26 Å². The summed E-state index contributed by atoms with van der Waals surface area (Å²) in [5.41, 5.74) is 0. The van der Waals surface area contributed by atoms with Crippen molar-refractivity contribution in [3.8, 4) is 4.93 Å². The third-order valence-electron chi connectivity index (χ3n) is 0. The van der Waals surface area contributed by atoms with E-state index in [2.05, 4.69) is 0 Å². The lowest BCUT2D eigenvalue weighted by Crippen LogP contribution is -1.32. The first-order valence-electron chi connectivity index (χ1n) is 0.724. The van der Waals surface area contributed by atoms with Crippen LogP contribution in [0.15, 0.2) is 0 Å². The summed E-state index contributed by atoms with van der Waals surface area (Å²) in [6, 6.07) is 0. The van der Waals surface area contributed by atoms with Gasteiger partial charge in [-0.3, -0.25) is 0 Å². The van der Waals surface area contributed by atoms with Gasteiger partial charge in [0.15, 0.2) is 0 Å². The highest BCUT2D eigenvalue weighted by atomic mass is 28.1. The summed E-state index contributed by atoms with van der Waals surface area (Å²) in [5, 5.41) is 7.38. The number of hydrogen-bond donors (Lipinski definition) is 0. The van der Waals surface area contributed by atoms with Crippen LogP contribution < -0.4 is 0 Å². The molecule has 1 nitrogen and oxygen atoms in total. The minimum Gasteiger partial charge on any atom is -0.226 e. The number of nitriles is 1. The van der Waals surface area contributed by atoms with E-state index in [9.17, 15) is 0 Å². The van der Waals surface area contributed by atoms with Crippen LogP contribution in [0.5, 0.6) is 0 Å². The summed E-state index contributed by atoms with van der Waals surface area (Å²) in [5.74, 6) is 0. The zero-order valence-electron chi connectivity index (χ0n) is 1.95. The molecule has 0 amide bonds. The molecule has 0 saturated heterocycles. The van der Waals surface area contributed by atoms with Crippen LogP contribution in [0.3, 0.4) is 0 Å². The maximum absolute atomic E-state index is 7.38.